The lowest BCUT2D eigenvalue weighted by Gasteiger charge is -2.15. The topological polar surface area (TPSA) is 77.7 Å². The highest BCUT2D eigenvalue weighted by Crippen LogP contribution is 2.36. The average Bonchev–Trinajstić information content (AvgIpc) is 3.43. The predicted molar refractivity (Wildman–Crippen MR) is 95.0 cm³/mol. The third-order valence-electron chi connectivity index (χ3n) is 4.92. The van der Waals surface area contributed by atoms with E-state index in [4.69, 9.17) is 14.0 Å². The van der Waals surface area contributed by atoms with Crippen LogP contribution in [0, 0.1) is 5.82 Å². The number of hydrogen-bond acceptors (Lipinski definition) is 6. The van der Waals surface area contributed by atoms with Crippen molar-refractivity contribution in [3.05, 3.63) is 59.7 Å². The molecule has 1 fully saturated rings. The van der Waals surface area contributed by atoms with Crippen molar-refractivity contribution in [1.82, 2.24) is 15.0 Å². The summed E-state index contributed by atoms with van der Waals surface area (Å²) in [7, 11) is 0. The van der Waals surface area contributed by atoms with Gasteiger partial charge in [-0.25, -0.2) is 4.39 Å². The standard InChI is InChI=1S/C20H16FN3O4/c21-15-4-1-12(2-5-15)9-24-10-14(8-18(24)25)20-22-19(23-28-20)13-3-6-16-17(7-13)27-11-26-16/h1-7,14H,8-11H2. The molecule has 2 aliphatic heterocycles. The molecular weight excluding hydrogens is 365 g/mol. The van der Waals surface area contributed by atoms with Crippen molar-refractivity contribution < 1.29 is 23.2 Å². The summed E-state index contributed by atoms with van der Waals surface area (Å²) in [5.74, 6) is 1.76. The van der Waals surface area contributed by atoms with Gasteiger partial charge in [0.1, 0.15) is 5.82 Å². The fraction of sp³-hybridized carbons (Fsp3) is 0.250. The van der Waals surface area contributed by atoms with Crippen molar-refractivity contribution in [2.24, 2.45) is 0 Å². The van der Waals surface area contributed by atoms with Gasteiger partial charge in [0.2, 0.25) is 24.4 Å². The molecule has 1 amide bonds. The van der Waals surface area contributed by atoms with Gasteiger partial charge >= 0.3 is 0 Å². The summed E-state index contributed by atoms with van der Waals surface area (Å²) in [5, 5.41) is 4.05. The smallest absolute Gasteiger partial charge is 0.232 e. The molecule has 2 aromatic carbocycles. The van der Waals surface area contributed by atoms with Gasteiger partial charge in [-0.05, 0) is 35.9 Å². The lowest BCUT2D eigenvalue weighted by molar-refractivity contribution is -0.128. The van der Waals surface area contributed by atoms with E-state index in [2.05, 4.69) is 10.1 Å². The molecule has 2 aliphatic rings. The molecule has 3 heterocycles. The number of nitrogens with zero attached hydrogens (tertiary/aromatic N) is 3. The Bertz CT molecular complexity index is 1030. The van der Waals surface area contributed by atoms with Crippen molar-refractivity contribution >= 4 is 5.91 Å². The number of halogens is 1. The quantitative estimate of drug-likeness (QED) is 0.691. The third-order valence-corrected chi connectivity index (χ3v) is 4.92. The number of ether oxygens (including phenoxy) is 2. The second-order valence-electron chi connectivity index (χ2n) is 6.83. The number of carbonyl (C=O) groups excluding carboxylic acids is 1. The second kappa shape index (κ2) is 6.63. The molecular formula is C20H16FN3O4. The van der Waals surface area contributed by atoms with E-state index in [0.29, 0.717) is 42.7 Å². The van der Waals surface area contributed by atoms with Crippen molar-refractivity contribution in [3.63, 3.8) is 0 Å². The molecule has 1 atom stereocenters. The summed E-state index contributed by atoms with van der Waals surface area (Å²) in [6.07, 6.45) is 0.309. The first-order valence-electron chi connectivity index (χ1n) is 8.91. The number of amides is 1. The normalized spacial score (nSPS) is 18.1. The summed E-state index contributed by atoms with van der Waals surface area (Å²) >= 11 is 0. The Morgan fingerprint density at radius 3 is 2.79 bits per heavy atom. The monoisotopic (exact) mass is 381 g/mol. The molecule has 7 nitrogen and oxygen atoms in total. The van der Waals surface area contributed by atoms with Crippen LogP contribution < -0.4 is 9.47 Å². The molecule has 28 heavy (non-hydrogen) atoms. The fourth-order valence-corrected chi connectivity index (χ4v) is 3.45. The lowest BCUT2D eigenvalue weighted by Crippen LogP contribution is -2.24. The Labute approximate surface area is 159 Å². The van der Waals surface area contributed by atoms with E-state index in [9.17, 15) is 9.18 Å². The van der Waals surface area contributed by atoms with Gasteiger partial charge in [-0.15, -0.1) is 0 Å². The van der Waals surface area contributed by atoms with Gasteiger partial charge in [0.25, 0.3) is 0 Å². The summed E-state index contributed by atoms with van der Waals surface area (Å²) in [6.45, 7) is 1.11. The van der Waals surface area contributed by atoms with Crippen LogP contribution >= 0.6 is 0 Å². The first-order chi connectivity index (χ1) is 13.7. The number of rotatable bonds is 4. The van der Waals surface area contributed by atoms with E-state index >= 15 is 0 Å². The number of carbonyl (C=O) groups is 1. The van der Waals surface area contributed by atoms with Crippen LogP contribution in [0.1, 0.15) is 23.8 Å². The number of likely N-dealkylation sites (tertiary alicyclic amines) is 1. The van der Waals surface area contributed by atoms with E-state index in [1.54, 1.807) is 29.2 Å². The molecule has 0 N–H and O–H groups in total. The summed E-state index contributed by atoms with van der Waals surface area (Å²) in [6, 6.07) is 11.6. The average molecular weight is 381 g/mol. The minimum absolute atomic E-state index is 0.0113. The molecule has 8 heteroatoms. The van der Waals surface area contributed by atoms with Crippen LogP contribution in [-0.4, -0.2) is 34.3 Å². The predicted octanol–water partition coefficient (Wildman–Crippen LogP) is 3.12. The van der Waals surface area contributed by atoms with Crippen LogP contribution in [-0.2, 0) is 11.3 Å². The van der Waals surface area contributed by atoms with Crippen molar-refractivity contribution in [2.45, 2.75) is 18.9 Å². The zero-order chi connectivity index (χ0) is 19.1. The van der Waals surface area contributed by atoms with Gasteiger partial charge in [-0.2, -0.15) is 4.98 Å². The zero-order valence-corrected chi connectivity index (χ0v) is 14.8. The maximum absolute atomic E-state index is 13.1. The van der Waals surface area contributed by atoms with Gasteiger partial charge in [0.15, 0.2) is 11.5 Å². The largest absolute Gasteiger partial charge is 0.454 e. The molecule has 0 saturated carbocycles. The van der Waals surface area contributed by atoms with Crippen LogP contribution in [0.3, 0.4) is 0 Å². The molecule has 142 valence electrons. The molecule has 1 unspecified atom stereocenters. The zero-order valence-electron chi connectivity index (χ0n) is 14.8. The van der Waals surface area contributed by atoms with Crippen LogP contribution in [0.15, 0.2) is 47.0 Å². The van der Waals surface area contributed by atoms with Crippen LogP contribution in [0.25, 0.3) is 11.4 Å². The Morgan fingerprint density at radius 2 is 1.93 bits per heavy atom. The Hall–Kier alpha value is -3.42. The van der Waals surface area contributed by atoms with Crippen LogP contribution in [0.5, 0.6) is 11.5 Å². The van der Waals surface area contributed by atoms with Gasteiger partial charge in [-0.3, -0.25) is 4.79 Å². The maximum Gasteiger partial charge on any atom is 0.232 e. The van der Waals surface area contributed by atoms with Crippen LogP contribution in [0.2, 0.25) is 0 Å². The van der Waals surface area contributed by atoms with Gasteiger partial charge < -0.3 is 18.9 Å². The highest BCUT2D eigenvalue weighted by atomic mass is 19.1. The van der Waals surface area contributed by atoms with Crippen molar-refractivity contribution in [1.29, 1.82) is 0 Å². The van der Waals surface area contributed by atoms with Crippen molar-refractivity contribution in [3.8, 4) is 22.9 Å². The minimum Gasteiger partial charge on any atom is -0.454 e. The van der Waals surface area contributed by atoms with Gasteiger partial charge in [0, 0.05) is 25.1 Å². The minimum atomic E-state index is -0.295. The summed E-state index contributed by atoms with van der Waals surface area (Å²) in [5.41, 5.74) is 1.63. The van der Waals surface area contributed by atoms with Crippen molar-refractivity contribution in [2.75, 3.05) is 13.3 Å². The Kier molecular flexibility index (Phi) is 3.96. The van der Waals surface area contributed by atoms with Gasteiger partial charge in [0.05, 0.1) is 5.92 Å². The highest BCUT2D eigenvalue weighted by Gasteiger charge is 2.34. The maximum atomic E-state index is 13.1. The van der Waals surface area contributed by atoms with Gasteiger partial charge in [-0.1, -0.05) is 17.3 Å². The highest BCUT2D eigenvalue weighted by molar-refractivity contribution is 5.79. The molecule has 1 aromatic heterocycles. The molecule has 0 radical (unpaired) electrons. The first kappa shape index (κ1) is 16.7. The summed E-state index contributed by atoms with van der Waals surface area (Å²) in [4.78, 5) is 18.6. The number of benzene rings is 2. The molecule has 0 aliphatic carbocycles. The summed E-state index contributed by atoms with van der Waals surface area (Å²) < 4.78 is 29.2. The third kappa shape index (κ3) is 3.06. The number of hydrogen-bond donors (Lipinski definition) is 0. The van der Waals surface area contributed by atoms with E-state index in [1.807, 2.05) is 6.07 Å². The molecule has 0 bridgehead atoms. The number of fused-ring (bicyclic) bond motifs is 1. The van der Waals surface area contributed by atoms with E-state index in [0.717, 1.165) is 11.1 Å². The van der Waals surface area contributed by atoms with E-state index in [1.165, 1.54) is 12.1 Å². The fourth-order valence-electron chi connectivity index (χ4n) is 3.45. The Morgan fingerprint density at radius 1 is 1.11 bits per heavy atom. The molecule has 5 rings (SSSR count). The molecule has 0 spiro atoms. The van der Waals surface area contributed by atoms with E-state index in [-0.39, 0.29) is 24.4 Å². The molecule has 1 saturated heterocycles. The number of aromatic nitrogens is 2. The lowest BCUT2D eigenvalue weighted by atomic mass is 10.1. The Balaban J connectivity index is 1.31. The van der Waals surface area contributed by atoms with Crippen LogP contribution in [0.4, 0.5) is 4.39 Å². The molecule has 3 aromatic rings. The first-order valence-corrected chi connectivity index (χ1v) is 8.91. The van der Waals surface area contributed by atoms with E-state index < -0.39 is 0 Å². The SMILES string of the molecule is O=C1CC(c2nc(-c3ccc4c(c3)OCO4)no2)CN1Cc1ccc(F)cc1. The second-order valence-corrected chi connectivity index (χ2v) is 6.83.